The highest BCUT2D eigenvalue weighted by Gasteiger charge is 2.38. The fraction of sp³-hybridized carbons (Fsp3) is 0.150. The third-order valence-corrected chi connectivity index (χ3v) is 5.29. The second kappa shape index (κ2) is 7.60. The molecule has 1 saturated heterocycles. The molecule has 2 aromatic carbocycles. The molecule has 0 spiro atoms. The average Bonchev–Trinajstić information content (AvgIpc) is 2.97. The minimum atomic E-state index is -4.44. The first-order valence-corrected chi connectivity index (χ1v) is 9.54. The second-order valence-corrected chi connectivity index (χ2v) is 7.65. The van der Waals surface area contributed by atoms with Crippen molar-refractivity contribution in [3.63, 3.8) is 0 Å². The van der Waals surface area contributed by atoms with Crippen molar-refractivity contribution in [3.05, 3.63) is 66.1 Å². The molecule has 0 unspecified atom stereocenters. The van der Waals surface area contributed by atoms with E-state index in [1.165, 1.54) is 29.2 Å². The van der Waals surface area contributed by atoms with Gasteiger partial charge in [-0.25, -0.2) is 14.1 Å². The predicted octanol–water partition coefficient (Wildman–Crippen LogP) is 4.95. The first kappa shape index (κ1) is 20.1. The van der Waals surface area contributed by atoms with E-state index in [1.807, 2.05) is 0 Å². The van der Waals surface area contributed by atoms with Gasteiger partial charge < -0.3 is 4.90 Å². The first-order valence-electron chi connectivity index (χ1n) is 8.73. The Hall–Kier alpha value is -3.14. The van der Waals surface area contributed by atoms with E-state index < -0.39 is 23.3 Å². The van der Waals surface area contributed by atoms with Crippen LogP contribution in [0.4, 0.5) is 28.0 Å². The summed E-state index contributed by atoms with van der Waals surface area (Å²) >= 11 is -0.288. The van der Waals surface area contributed by atoms with Crippen LogP contribution in [0.15, 0.2) is 59.6 Å². The van der Waals surface area contributed by atoms with E-state index in [0.717, 1.165) is 11.1 Å². The van der Waals surface area contributed by atoms with Crippen LogP contribution in [0.3, 0.4) is 0 Å². The van der Waals surface area contributed by atoms with Crippen LogP contribution in [0.1, 0.15) is 5.56 Å². The molecule has 0 radical (unpaired) electrons. The zero-order valence-corrected chi connectivity index (χ0v) is 16.0. The number of nitrogens with zero attached hydrogens (tertiary/aromatic N) is 3. The summed E-state index contributed by atoms with van der Waals surface area (Å²) in [5.74, 6) is -1.14. The lowest BCUT2D eigenvalue weighted by molar-refractivity contribution is -0.116. The minimum absolute atomic E-state index is 0.0625. The molecule has 4 rings (SSSR count). The number of carbonyl (C=O) groups excluding carboxylic acids is 2. The molecule has 154 valence electrons. The summed E-state index contributed by atoms with van der Waals surface area (Å²) in [6.45, 7) is -0.411. The van der Waals surface area contributed by atoms with E-state index >= 15 is 0 Å². The summed E-state index contributed by atoms with van der Waals surface area (Å²) < 4.78 is 51.8. The Bertz CT molecular complexity index is 1140. The third-order valence-electron chi connectivity index (χ3n) is 4.55. The normalized spacial score (nSPS) is 14.8. The number of halogens is 4. The molecule has 3 amide bonds. The van der Waals surface area contributed by atoms with Crippen molar-refractivity contribution in [2.75, 3.05) is 11.4 Å². The summed E-state index contributed by atoms with van der Waals surface area (Å²) in [5.41, 5.74) is -3.49. The van der Waals surface area contributed by atoms with Gasteiger partial charge in [-0.1, -0.05) is 18.2 Å². The van der Waals surface area contributed by atoms with Crippen LogP contribution in [-0.2, 0) is 11.3 Å². The van der Waals surface area contributed by atoms with E-state index in [1.54, 1.807) is 24.3 Å². The number of para-hydroxylation sites is 1. The number of benzene rings is 2. The van der Waals surface area contributed by atoms with E-state index in [9.17, 15) is 27.2 Å². The summed E-state index contributed by atoms with van der Waals surface area (Å²) in [6.07, 6.45) is 1.06. The Morgan fingerprint density at radius 2 is 1.73 bits per heavy atom. The van der Waals surface area contributed by atoms with E-state index in [0.29, 0.717) is 10.9 Å². The number of fused-ring (bicyclic) bond motifs is 1. The van der Waals surface area contributed by atoms with Gasteiger partial charge in [0.1, 0.15) is 12.4 Å². The van der Waals surface area contributed by atoms with Crippen LogP contribution in [0, 0.1) is 5.82 Å². The molecule has 10 heteroatoms. The number of imide groups is 1. The lowest BCUT2D eigenvalue weighted by Gasteiger charge is -2.18. The Labute approximate surface area is 172 Å². The molecule has 0 atom stereocenters. The fourth-order valence-electron chi connectivity index (χ4n) is 3.25. The maximum absolute atomic E-state index is 14.4. The van der Waals surface area contributed by atoms with Crippen LogP contribution in [-0.4, -0.2) is 33.9 Å². The van der Waals surface area contributed by atoms with Gasteiger partial charge in [-0.3, -0.25) is 9.78 Å². The van der Waals surface area contributed by atoms with E-state index in [2.05, 4.69) is 4.98 Å². The second-order valence-electron chi connectivity index (χ2n) is 6.51. The van der Waals surface area contributed by atoms with Crippen molar-refractivity contribution in [3.8, 4) is 0 Å². The summed E-state index contributed by atoms with van der Waals surface area (Å²) in [6, 6.07) is 11.1. The lowest BCUT2D eigenvalue weighted by Crippen LogP contribution is -2.33. The summed E-state index contributed by atoms with van der Waals surface area (Å²) in [5, 5.41) is 0.532. The number of urea groups is 1. The molecule has 1 aliphatic heterocycles. The highest BCUT2D eigenvalue weighted by Crippen LogP contribution is 2.37. The topological polar surface area (TPSA) is 53.5 Å². The molecule has 5 nitrogen and oxygen atoms in total. The number of pyridine rings is 1. The quantitative estimate of drug-likeness (QED) is 0.330. The average molecular weight is 435 g/mol. The van der Waals surface area contributed by atoms with Crippen LogP contribution in [0.5, 0.6) is 0 Å². The molecular weight excluding hydrogens is 422 g/mol. The first-order chi connectivity index (χ1) is 14.2. The maximum atomic E-state index is 14.4. The fourth-order valence-corrected chi connectivity index (χ4v) is 3.79. The minimum Gasteiger partial charge on any atom is -0.310 e. The standard InChI is InChI=1S/C20H13F4N3O2S/c21-16-9-25-17-4-2-1-3-14(17)15(16)10-26-11-18(28)27(19(26)29)12-5-7-13(8-6-12)30-20(22,23)24/h1-9H,10-11H2. The van der Waals surface area contributed by atoms with Crippen molar-refractivity contribution in [1.29, 1.82) is 0 Å². The molecule has 1 fully saturated rings. The van der Waals surface area contributed by atoms with Crippen LogP contribution in [0.25, 0.3) is 10.9 Å². The molecule has 0 saturated carbocycles. The molecule has 1 aromatic heterocycles. The zero-order valence-electron chi connectivity index (χ0n) is 15.2. The Kier molecular flexibility index (Phi) is 5.10. The molecule has 0 bridgehead atoms. The monoisotopic (exact) mass is 435 g/mol. The smallest absolute Gasteiger partial charge is 0.310 e. The van der Waals surface area contributed by atoms with E-state index in [4.69, 9.17) is 0 Å². The number of anilines is 1. The Morgan fingerprint density at radius 1 is 1.03 bits per heavy atom. The number of amides is 3. The number of hydrogen-bond donors (Lipinski definition) is 0. The summed E-state index contributed by atoms with van der Waals surface area (Å²) in [7, 11) is 0. The van der Waals surface area contributed by atoms with Crippen molar-refractivity contribution < 1.29 is 27.2 Å². The van der Waals surface area contributed by atoms with Crippen molar-refractivity contribution in [2.45, 2.75) is 16.9 Å². The number of thioether (sulfide) groups is 1. The van der Waals surface area contributed by atoms with Gasteiger partial charge in [-0.2, -0.15) is 13.2 Å². The molecule has 2 heterocycles. The van der Waals surface area contributed by atoms with E-state index in [-0.39, 0.29) is 41.0 Å². The predicted molar refractivity (Wildman–Crippen MR) is 103 cm³/mol. The maximum Gasteiger partial charge on any atom is 0.446 e. The van der Waals surface area contributed by atoms with Gasteiger partial charge >= 0.3 is 11.5 Å². The molecule has 1 aliphatic rings. The van der Waals surface area contributed by atoms with Crippen LogP contribution in [0.2, 0.25) is 0 Å². The number of carbonyl (C=O) groups is 2. The molecule has 3 aromatic rings. The van der Waals surface area contributed by atoms with Gasteiger partial charge in [0.2, 0.25) is 0 Å². The SMILES string of the molecule is O=C1CN(Cc2c(F)cnc3ccccc23)C(=O)N1c1ccc(SC(F)(F)F)cc1. The van der Waals surface area contributed by atoms with Gasteiger partial charge in [-0.05, 0) is 42.1 Å². The van der Waals surface area contributed by atoms with Gasteiger partial charge in [0.05, 0.1) is 23.9 Å². The Balaban J connectivity index is 1.57. The number of rotatable bonds is 4. The number of alkyl halides is 3. The highest BCUT2D eigenvalue weighted by molar-refractivity contribution is 8.00. The third kappa shape index (κ3) is 3.95. The molecule has 0 aliphatic carbocycles. The zero-order chi connectivity index (χ0) is 21.5. The van der Waals surface area contributed by atoms with Gasteiger partial charge in [0.25, 0.3) is 5.91 Å². The van der Waals surface area contributed by atoms with Crippen LogP contribution >= 0.6 is 11.8 Å². The van der Waals surface area contributed by atoms with Gasteiger partial charge in [0, 0.05) is 15.8 Å². The lowest BCUT2D eigenvalue weighted by atomic mass is 10.1. The van der Waals surface area contributed by atoms with Gasteiger partial charge in [0.15, 0.2) is 0 Å². The largest absolute Gasteiger partial charge is 0.446 e. The van der Waals surface area contributed by atoms with Crippen molar-refractivity contribution in [2.24, 2.45) is 0 Å². The highest BCUT2D eigenvalue weighted by atomic mass is 32.2. The molecule has 30 heavy (non-hydrogen) atoms. The Morgan fingerprint density at radius 3 is 2.43 bits per heavy atom. The number of hydrogen-bond acceptors (Lipinski definition) is 4. The number of aromatic nitrogens is 1. The van der Waals surface area contributed by atoms with Crippen LogP contribution < -0.4 is 4.90 Å². The molecule has 0 N–H and O–H groups in total. The van der Waals surface area contributed by atoms with Gasteiger partial charge in [-0.15, -0.1) is 0 Å². The molecular formula is C20H13F4N3O2S. The summed E-state index contributed by atoms with van der Waals surface area (Å²) in [4.78, 5) is 31.2. The van der Waals surface area contributed by atoms with Crippen molar-refractivity contribution >= 4 is 40.3 Å². The van der Waals surface area contributed by atoms with Crippen molar-refractivity contribution in [1.82, 2.24) is 9.88 Å².